The summed E-state index contributed by atoms with van der Waals surface area (Å²) in [6.45, 7) is 4.38. The quantitative estimate of drug-likeness (QED) is 0.782. The summed E-state index contributed by atoms with van der Waals surface area (Å²) in [5.74, 6) is 1.63. The fraction of sp³-hybridized carbons (Fsp3) is 0.462. The van der Waals surface area contributed by atoms with Crippen molar-refractivity contribution in [2.75, 3.05) is 5.73 Å². The van der Waals surface area contributed by atoms with Crippen LogP contribution < -0.4 is 5.73 Å². The Morgan fingerprint density at radius 1 is 1.38 bits per heavy atom. The first-order chi connectivity index (χ1) is 7.68. The summed E-state index contributed by atoms with van der Waals surface area (Å²) in [5, 5.41) is 0. The number of benzene rings is 1. The van der Waals surface area contributed by atoms with Crippen LogP contribution in [-0.2, 0) is 0 Å². The van der Waals surface area contributed by atoms with Crippen LogP contribution in [0, 0.1) is 0 Å². The highest BCUT2D eigenvalue weighted by molar-refractivity contribution is 5.87. The zero-order valence-corrected chi connectivity index (χ0v) is 9.77. The van der Waals surface area contributed by atoms with E-state index in [1.54, 1.807) is 0 Å². The zero-order valence-electron chi connectivity index (χ0n) is 9.77. The van der Waals surface area contributed by atoms with Crippen molar-refractivity contribution >= 4 is 16.7 Å². The standard InChI is InChI=1S/C13H17N3/c1-8(2)13-15-12-10(14)4-3-5-11(12)16(13)9-6-7-9/h3-5,8-9H,6-7,14H2,1-2H3. The van der Waals surface area contributed by atoms with Crippen molar-refractivity contribution in [3.63, 3.8) is 0 Å². The van der Waals surface area contributed by atoms with Crippen molar-refractivity contribution in [2.45, 2.75) is 38.6 Å². The fourth-order valence-electron chi connectivity index (χ4n) is 2.28. The van der Waals surface area contributed by atoms with Crippen LogP contribution in [0.3, 0.4) is 0 Å². The lowest BCUT2D eigenvalue weighted by Crippen LogP contribution is -2.02. The van der Waals surface area contributed by atoms with Gasteiger partial charge in [0.2, 0.25) is 0 Å². The predicted octanol–water partition coefficient (Wildman–Crippen LogP) is 3.08. The third kappa shape index (κ3) is 1.31. The number of rotatable bonds is 2. The molecule has 16 heavy (non-hydrogen) atoms. The number of para-hydroxylation sites is 1. The van der Waals surface area contributed by atoms with E-state index in [0.717, 1.165) is 11.2 Å². The van der Waals surface area contributed by atoms with Gasteiger partial charge in [-0.05, 0) is 25.0 Å². The Balaban J connectivity index is 2.32. The number of hydrogen-bond donors (Lipinski definition) is 1. The van der Waals surface area contributed by atoms with E-state index in [-0.39, 0.29) is 0 Å². The first-order valence-corrected chi connectivity index (χ1v) is 5.95. The number of fused-ring (bicyclic) bond motifs is 1. The van der Waals surface area contributed by atoms with Crippen LogP contribution in [0.1, 0.15) is 44.5 Å². The van der Waals surface area contributed by atoms with E-state index in [1.807, 2.05) is 12.1 Å². The number of anilines is 1. The van der Waals surface area contributed by atoms with E-state index in [9.17, 15) is 0 Å². The Kier molecular flexibility index (Phi) is 1.96. The first-order valence-electron chi connectivity index (χ1n) is 5.95. The maximum atomic E-state index is 5.98. The van der Waals surface area contributed by atoms with Crippen molar-refractivity contribution in [2.24, 2.45) is 0 Å². The summed E-state index contributed by atoms with van der Waals surface area (Å²) in [4.78, 5) is 4.71. The molecule has 84 valence electrons. The van der Waals surface area contributed by atoms with Gasteiger partial charge in [-0.2, -0.15) is 0 Å². The van der Waals surface area contributed by atoms with Crippen LogP contribution in [0.2, 0.25) is 0 Å². The molecule has 0 bridgehead atoms. The summed E-state index contributed by atoms with van der Waals surface area (Å²) in [7, 11) is 0. The molecule has 3 nitrogen and oxygen atoms in total. The Morgan fingerprint density at radius 3 is 2.75 bits per heavy atom. The molecule has 1 aromatic heterocycles. The fourth-order valence-corrected chi connectivity index (χ4v) is 2.28. The molecule has 2 aromatic rings. The molecule has 1 heterocycles. The molecule has 1 aliphatic rings. The zero-order chi connectivity index (χ0) is 11.3. The van der Waals surface area contributed by atoms with E-state index in [4.69, 9.17) is 10.7 Å². The maximum Gasteiger partial charge on any atom is 0.112 e. The molecule has 3 heteroatoms. The van der Waals surface area contributed by atoms with Crippen molar-refractivity contribution in [1.29, 1.82) is 0 Å². The van der Waals surface area contributed by atoms with Crippen molar-refractivity contribution < 1.29 is 0 Å². The lowest BCUT2D eigenvalue weighted by molar-refractivity contribution is 0.655. The molecule has 0 aliphatic heterocycles. The van der Waals surface area contributed by atoms with Crippen LogP contribution >= 0.6 is 0 Å². The third-order valence-corrected chi connectivity index (χ3v) is 3.21. The second-order valence-electron chi connectivity index (χ2n) is 4.94. The van der Waals surface area contributed by atoms with E-state index < -0.39 is 0 Å². The second kappa shape index (κ2) is 3.24. The first kappa shape index (κ1) is 9.70. The Hall–Kier alpha value is -1.51. The second-order valence-corrected chi connectivity index (χ2v) is 4.94. The Bertz CT molecular complexity index is 535. The molecule has 2 N–H and O–H groups in total. The number of nitrogen functional groups attached to an aromatic ring is 1. The minimum Gasteiger partial charge on any atom is -0.397 e. The third-order valence-electron chi connectivity index (χ3n) is 3.21. The lowest BCUT2D eigenvalue weighted by Gasteiger charge is -2.09. The summed E-state index contributed by atoms with van der Waals surface area (Å²) < 4.78 is 2.39. The smallest absolute Gasteiger partial charge is 0.112 e. The molecule has 0 amide bonds. The molecular formula is C13H17N3. The van der Waals surface area contributed by atoms with Gasteiger partial charge in [0.25, 0.3) is 0 Å². The number of nitrogens with zero attached hydrogens (tertiary/aromatic N) is 2. The average Bonchev–Trinajstić information content (AvgIpc) is 2.99. The van der Waals surface area contributed by atoms with Gasteiger partial charge in [0.05, 0.1) is 11.2 Å². The summed E-state index contributed by atoms with van der Waals surface area (Å²) in [6, 6.07) is 6.73. The Morgan fingerprint density at radius 2 is 2.12 bits per heavy atom. The SMILES string of the molecule is CC(C)c1nc2c(N)cccc2n1C1CC1. The highest BCUT2D eigenvalue weighted by Crippen LogP contribution is 2.40. The molecule has 0 unspecified atom stereocenters. The molecule has 0 atom stereocenters. The van der Waals surface area contributed by atoms with E-state index in [2.05, 4.69) is 24.5 Å². The largest absolute Gasteiger partial charge is 0.397 e. The summed E-state index contributed by atoms with van der Waals surface area (Å²) in [5.41, 5.74) is 8.94. The molecule has 0 saturated heterocycles. The molecule has 1 aliphatic carbocycles. The predicted molar refractivity (Wildman–Crippen MR) is 66.5 cm³/mol. The van der Waals surface area contributed by atoms with Gasteiger partial charge in [0.15, 0.2) is 0 Å². The molecule has 1 fully saturated rings. The number of nitrogens with two attached hydrogens (primary N) is 1. The minimum absolute atomic E-state index is 0.451. The summed E-state index contributed by atoms with van der Waals surface area (Å²) >= 11 is 0. The van der Waals surface area contributed by atoms with E-state index >= 15 is 0 Å². The van der Waals surface area contributed by atoms with Gasteiger partial charge in [0, 0.05) is 12.0 Å². The molecular weight excluding hydrogens is 198 g/mol. The normalized spacial score (nSPS) is 16.2. The maximum absolute atomic E-state index is 5.98. The monoisotopic (exact) mass is 215 g/mol. The lowest BCUT2D eigenvalue weighted by atomic mass is 10.2. The van der Waals surface area contributed by atoms with Crippen LogP contribution in [0.15, 0.2) is 18.2 Å². The van der Waals surface area contributed by atoms with E-state index in [0.29, 0.717) is 12.0 Å². The topological polar surface area (TPSA) is 43.8 Å². The molecule has 3 rings (SSSR count). The molecule has 1 aromatic carbocycles. The van der Waals surface area contributed by atoms with Crippen molar-refractivity contribution in [1.82, 2.24) is 9.55 Å². The Labute approximate surface area is 95.3 Å². The van der Waals surface area contributed by atoms with Gasteiger partial charge < -0.3 is 10.3 Å². The van der Waals surface area contributed by atoms with Crippen molar-refractivity contribution in [3.8, 4) is 0 Å². The van der Waals surface area contributed by atoms with Gasteiger partial charge in [-0.1, -0.05) is 19.9 Å². The van der Waals surface area contributed by atoms with Crippen LogP contribution in [0.25, 0.3) is 11.0 Å². The number of aromatic nitrogens is 2. The minimum atomic E-state index is 0.451. The van der Waals surface area contributed by atoms with Gasteiger partial charge in [0.1, 0.15) is 11.3 Å². The van der Waals surface area contributed by atoms with E-state index in [1.165, 1.54) is 24.2 Å². The average molecular weight is 215 g/mol. The highest BCUT2D eigenvalue weighted by atomic mass is 15.1. The highest BCUT2D eigenvalue weighted by Gasteiger charge is 2.29. The van der Waals surface area contributed by atoms with Crippen LogP contribution in [0.5, 0.6) is 0 Å². The molecule has 0 spiro atoms. The van der Waals surface area contributed by atoms with Crippen molar-refractivity contribution in [3.05, 3.63) is 24.0 Å². The van der Waals surface area contributed by atoms with Gasteiger partial charge >= 0.3 is 0 Å². The molecule has 0 radical (unpaired) electrons. The van der Waals surface area contributed by atoms with Gasteiger partial charge in [-0.15, -0.1) is 0 Å². The van der Waals surface area contributed by atoms with Gasteiger partial charge in [-0.3, -0.25) is 0 Å². The number of imidazole rings is 1. The number of hydrogen-bond acceptors (Lipinski definition) is 2. The van der Waals surface area contributed by atoms with Gasteiger partial charge in [-0.25, -0.2) is 4.98 Å². The molecule has 1 saturated carbocycles. The van der Waals surface area contributed by atoms with Crippen LogP contribution in [0.4, 0.5) is 5.69 Å². The summed E-state index contributed by atoms with van der Waals surface area (Å²) in [6.07, 6.45) is 2.56. The van der Waals surface area contributed by atoms with Crippen LogP contribution in [-0.4, -0.2) is 9.55 Å².